The molecule has 3 N–H and O–H groups in total. The van der Waals surface area contributed by atoms with Crippen molar-refractivity contribution in [2.75, 3.05) is 5.43 Å². The van der Waals surface area contributed by atoms with Crippen molar-refractivity contribution in [3.63, 3.8) is 0 Å². The molecule has 0 saturated carbocycles. The molecular weight excluding hydrogens is 197 g/mol. The van der Waals surface area contributed by atoms with E-state index in [1.165, 1.54) is 25.1 Å². The summed E-state index contributed by atoms with van der Waals surface area (Å²) in [6.07, 6.45) is -4.66. The predicted molar refractivity (Wildman–Crippen MR) is 45.7 cm³/mol. The molecule has 0 aliphatic carbocycles. The van der Waals surface area contributed by atoms with E-state index in [-0.39, 0.29) is 5.75 Å². The molecule has 14 heavy (non-hydrogen) atoms. The Balaban J connectivity index is 2.89. The maximum absolute atomic E-state index is 11.8. The van der Waals surface area contributed by atoms with Crippen molar-refractivity contribution in [3.05, 3.63) is 23.8 Å². The molecule has 0 spiro atoms. The van der Waals surface area contributed by atoms with Gasteiger partial charge in [0, 0.05) is 5.69 Å². The summed E-state index contributed by atoms with van der Waals surface area (Å²) in [6.45, 7) is 1.50. The minimum absolute atomic E-state index is 0.225. The number of benzene rings is 1. The Bertz CT molecular complexity index is 325. The first-order valence-corrected chi connectivity index (χ1v) is 3.75. The van der Waals surface area contributed by atoms with Crippen LogP contribution in [0.5, 0.6) is 5.75 Å². The molecule has 3 nitrogen and oxygen atoms in total. The molecule has 0 aromatic heterocycles. The number of nitrogens with one attached hydrogen (secondary N) is 1. The van der Waals surface area contributed by atoms with Crippen LogP contribution in [0.1, 0.15) is 5.56 Å². The van der Waals surface area contributed by atoms with Gasteiger partial charge in [0.15, 0.2) is 0 Å². The van der Waals surface area contributed by atoms with E-state index in [2.05, 4.69) is 10.2 Å². The average molecular weight is 206 g/mol. The van der Waals surface area contributed by atoms with Crippen LogP contribution < -0.4 is 16.0 Å². The molecule has 0 aliphatic heterocycles. The Kier molecular flexibility index (Phi) is 2.85. The lowest BCUT2D eigenvalue weighted by Crippen LogP contribution is -2.18. The van der Waals surface area contributed by atoms with Crippen molar-refractivity contribution in [1.82, 2.24) is 0 Å². The molecule has 1 aromatic rings. The molecule has 0 atom stereocenters. The summed E-state index contributed by atoms with van der Waals surface area (Å²) in [7, 11) is 0. The van der Waals surface area contributed by atoms with Gasteiger partial charge in [-0.2, -0.15) is 0 Å². The number of ether oxygens (including phenoxy) is 1. The molecule has 0 unspecified atom stereocenters. The van der Waals surface area contributed by atoms with E-state index in [1.807, 2.05) is 0 Å². The fraction of sp³-hybridized carbons (Fsp3) is 0.250. The Morgan fingerprint density at radius 3 is 2.43 bits per heavy atom. The van der Waals surface area contributed by atoms with Crippen LogP contribution in [-0.2, 0) is 0 Å². The highest BCUT2D eigenvalue weighted by Gasteiger charge is 2.31. The summed E-state index contributed by atoms with van der Waals surface area (Å²) in [6, 6.07) is 4.06. The Hall–Kier alpha value is -1.43. The molecule has 78 valence electrons. The number of hydrazine groups is 1. The number of nitrogens with two attached hydrogens (primary N) is 1. The Morgan fingerprint density at radius 1 is 1.36 bits per heavy atom. The molecule has 0 saturated heterocycles. The summed E-state index contributed by atoms with van der Waals surface area (Å²) in [5.41, 5.74) is 3.21. The van der Waals surface area contributed by atoms with Gasteiger partial charge < -0.3 is 10.2 Å². The van der Waals surface area contributed by atoms with Crippen LogP contribution in [0.15, 0.2) is 18.2 Å². The topological polar surface area (TPSA) is 47.3 Å². The number of halogens is 3. The van der Waals surface area contributed by atoms with E-state index in [4.69, 9.17) is 5.84 Å². The van der Waals surface area contributed by atoms with E-state index in [1.54, 1.807) is 0 Å². The lowest BCUT2D eigenvalue weighted by Gasteiger charge is -2.11. The third-order valence-corrected chi connectivity index (χ3v) is 1.57. The first kappa shape index (κ1) is 10.6. The highest BCUT2D eigenvalue weighted by molar-refractivity contribution is 5.49. The van der Waals surface area contributed by atoms with Crippen LogP contribution in [0, 0.1) is 6.92 Å². The quantitative estimate of drug-likeness (QED) is 0.576. The van der Waals surface area contributed by atoms with Crippen molar-refractivity contribution >= 4 is 5.69 Å². The van der Waals surface area contributed by atoms with E-state index >= 15 is 0 Å². The van der Waals surface area contributed by atoms with E-state index < -0.39 is 6.36 Å². The minimum Gasteiger partial charge on any atom is -0.406 e. The van der Waals surface area contributed by atoms with E-state index in [9.17, 15) is 13.2 Å². The number of rotatable bonds is 2. The monoisotopic (exact) mass is 206 g/mol. The Morgan fingerprint density at radius 2 is 2.00 bits per heavy atom. The van der Waals surface area contributed by atoms with Gasteiger partial charge in [-0.15, -0.1) is 13.2 Å². The van der Waals surface area contributed by atoms with Crippen molar-refractivity contribution in [1.29, 1.82) is 0 Å². The Labute approximate surface area is 78.6 Å². The van der Waals surface area contributed by atoms with Gasteiger partial charge in [0.2, 0.25) is 0 Å². The molecule has 1 aromatic carbocycles. The van der Waals surface area contributed by atoms with Gasteiger partial charge in [-0.05, 0) is 30.7 Å². The normalized spacial score (nSPS) is 11.2. The zero-order chi connectivity index (χ0) is 10.8. The largest absolute Gasteiger partial charge is 0.573 e. The van der Waals surface area contributed by atoms with Gasteiger partial charge in [-0.25, -0.2) is 0 Å². The molecule has 0 fully saturated rings. The molecule has 0 amide bonds. The average Bonchev–Trinajstić information content (AvgIpc) is 2.06. The maximum Gasteiger partial charge on any atom is 0.573 e. The number of hydrogen-bond acceptors (Lipinski definition) is 3. The lowest BCUT2D eigenvalue weighted by molar-refractivity contribution is -0.274. The standard InChI is InChI=1S/C8H9F3N2O/c1-5-4-6(13-12)2-3-7(5)14-8(9,10)11/h2-4,13H,12H2,1H3. The number of hydrogen-bond donors (Lipinski definition) is 2. The van der Waals surface area contributed by atoms with Gasteiger partial charge in [0.05, 0.1) is 0 Å². The summed E-state index contributed by atoms with van der Waals surface area (Å²) < 4.78 is 39.3. The summed E-state index contributed by atoms with van der Waals surface area (Å²) in [4.78, 5) is 0. The zero-order valence-electron chi connectivity index (χ0n) is 7.35. The molecule has 0 radical (unpaired) electrons. The van der Waals surface area contributed by atoms with Crippen LogP contribution in [-0.4, -0.2) is 6.36 Å². The van der Waals surface area contributed by atoms with Crippen molar-refractivity contribution in [2.45, 2.75) is 13.3 Å². The summed E-state index contributed by atoms with van der Waals surface area (Å²) >= 11 is 0. The highest BCUT2D eigenvalue weighted by atomic mass is 19.4. The SMILES string of the molecule is Cc1cc(NN)ccc1OC(F)(F)F. The second-order valence-electron chi connectivity index (χ2n) is 2.67. The molecule has 6 heteroatoms. The molecule has 0 bridgehead atoms. The van der Waals surface area contributed by atoms with Gasteiger partial charge >= 0.3 is 6.36 Å². The van der Waals surface area contributed by atoms with Crippen LogP contribution in [0.25, 0.3) is 0 Å². The van der Waals surface area contributed by atoms with Crippen molar-refractivity contribution in [2.24, 2.45) is 5.84 Å². The predicted octanol–water partition coefficient (Wildman–Crippen LogP) is 2.18. The second kappa shape index (κ2) is 3.75. The first-order valence-electron chi connectivity index (χ1n) is 3.75. The first-order chi connectivity index (χ1) is 6.42. The van der Waals surface area contributed by atoms with Crippen molar-refractivity contribution in [3.8, 4) is 5.75 Å². The summed E-state index contributed by atoms with van der Waals surface area (Å²) in [5.74, 6) is 4.86. The van der Waals surface area contributed by atoms with Gasteiger partial charge in [0.25, 0.3) is 0 Å². The number of aryl methyl sites for hydroxylation is 1. The summed E-state index contributed by atoms with van der Waals surface area (Å²) in [5, 5.41) is 0. The van der Waals surface area contributed by atoms with Crippen LogP contribution in [0.4, 0.5) is 18.9 Å². The minimum atomic E-state index is -4.66. The van der Waals surface area contributed by atoms with Gasteiger partial charge in [-0.3, -0.25) is 5.84 Å². The molecule has 0 heterocycles. The fourth-order valence-corrected chi connectivity index (χ4v) is 0.978. The number of alkyl halides is 3. The van der Waals surface area contributed by atoms with Crippen LogP contribution >= 0.6 is 0 Å². The number of nitrogen functional groups attached to an aromatic ring is 1. The maximum atomic E-state index is 11.8. The third kappa shape index (κ3) is 2.81. The van der Waals surface area contributed by atoms with Crippen LogP contribution in [0.2, 0.25) is 0 Å². The zero-order valence-corrected chi connectivity index (χ0v) is 7.35. The smallest absolute Gasteiger partial charge is 0.406 e. The fourth-order valence-electron chi connectivity index (χ4n) is 0.978. The van der Waals surface area contributed by atoms with Gasteiger partial charge in [0.1, 0.15) is 5.75 Å². The number of anilines is 1. The lowest BCUT2D eigenvalue weighted by atomic mass is 10.2. The second-order valence-corrected chi connectivity index (χ2v) is 2.67. The van der Waals surface area contributed by atoms with E-state index in [0.717, 1.165) is 0 Å². The van der Waals surface area contributed by atoms with Crippen molar-refractivity contribution < 1.29 is 17.9 Å². The van der Waals surface area contributed by atoms with Gasteiger partial charge in [-0.1, -0.05) is 0 Å². The molecule has 1 rings (SSSR count). The van der Waals surface area contributed by atoms with Crippen LogP contribution in [0.3, 0.4) is 0 Å². The third-order valence-electron chi connectivity index (χ3n) is 1.57. The molecular formula is C8H9F3N2O. The molecule has 0 aliphatic rings. The van der Waals surface area contributed by atoms with E-state index in [0.29, 0.717) is 11.3 Å². The highest BCUT2D eigenvalue weighted by Crippen LogP contribution is 2.27.